The van der Waals surface area contributed by atoms with E-state index in [9.17, 15) is 12.8 Å². The lowest BCUT2D eigenvalue weighted by molar-refractivity contribution is 0.328. The third-order valence-corrected chi connectivity index (χ3v) is 6.18. The Morgan fingerprint density at radius 3 is 2.41 bits per heavy atom. The van der Waals surface area contributed by atoms with Gasteiger partial charge in [0, 0.05) is 5.02 Å². The Hall–Kier alpha value is -2.77. The van der Waals surface area contributed by atoms with Crippen molar-refractivity contribution >= 4 is 27.3 Å². The minimum Gasteiger partial charge on any atom is -0.495 e. The molecule has 0 spiro atoms. The van der Waals surface area contributed by atoms with Gasteiger partial charge >= 0.3 is 0 Å². The molecule has 0 radical (unpaired) electrons. The third kappa shape index (κ3) is 4.99. The first-order chi connectivity index (χ1) is 13.9. The first-order valence-corrected chi connectivity index (χ1v) is 10.5. The van der Waals surface area contributed by atoms with E-state index in [0.29, 0.717) is 22.2 Å². The van der Waals surface area contributed by atoms with Crippen LogP contribution in [0.2, 0.25) is 5.02 Å². The van der Waals surface area contributed by atoms with E-state index in [4.69, 9.17) is 21.1 Å². The Morgan fingerprint density at radius 1 is 1.00 bits per heavy atom. The van der Waals surface area contributed by atoms with Gasteiger partial charge in [0.1, 0.15) is 23.9 Å². The normalized spacial score (nSPS) is 11.1. The van der Waals surface area contributed by atoms with Crippen molar-refractivity contribution in [2.24, 2.45) is 0 Å². The molecule has 0 heterocycles. The SMILES string of the molecule is COc1ccccc1N(CCOc1cccc(Cl)c1)S(=O)(=O)c1ccc(F)cc1. The van der Waals surface area contributed by atoms with E-state index < -0.39 is 15.8 Å². The van der Waals surface area contributed by atoms with Crippen LogP contribution in [0.4, 0.5) is 10.1 Å². The lowest BCUT2D eigenvalue weighted by Gasteiger charge is -2.26. The topological polar surface area (TPSA) is 55.8 Å². The number of nitrogens with zero attached hydrogens (tertiary/aromatic N) is 1. The van der Waals surface area contributed by atoms with Crippen LogP contribution in [-0.2, 0) is 10.0 Å². The van der Waals surface area contributed by atoms with Gasteiger partial charge in [-0.05, 0) is 54.6 Å². The lowest BCUT2D eigenvalue weighted by Crippen LogP contribution is -2.35. The zero-order chi connectivity index (χ0) is 20.9. The minimum atomic E-state index is -3.99. The number of ether oxygens (including phenoxy) is 2. The minimum absolute atomic E-state index is 0.00654. The van der Waals surface area contributed by atoms with E-state index >= 15 is 0 Å². The van der Waals surface area contributed by atoms with Crippen molar-refractivity contribution in [1.29, 1.82) is 0 Å². The molecule has 0 fully saturated rings. The molecule has 0 saturated heterocycles. The molecule has 5 nitrogen and oxygen atoms in total. The summed E-state index contributed by atoms with van der Waals surface area (Å²) in [4.78, 5) is -0.0347. The molecule has 3 aromatic carbocycles. The van der Waals surface area contributed by atoms with Crippen LogP contribution < -0.4 is 13.8 Å². The number of sulfonamides is 1. The number of para-hydroxylation sites is 2. The summed E-state index contributed by atoms with van der Waals surface area (Å²) in [6, 6.07) is 18.3. The zero-order valence-corrected chi connectivity index (χ0v) is 17.2. The summed E-state index contributed by atoms with van der Waals surface area (Å²) in [5, 5.41) is 0.517. The maximum absolute atomic E-state index is 13.3. The van der Waals surface area contributed by atoms with Crippen LogP contribution in [0, 0.1) is 5.82 Å². The fourth-order valence-corrected chi connectivity index (χ4v) is 4.38. The summed E-state index contributed by atoms with van der Waals surface area (Å²) in [6.07, 6.45) is 0. The molecule has 0 aliphatic rings. The van der Waals surface area contributed by atoms with Crippen LogP contribution in [0.5, 0.6) is 11.5 Å². The highest BCUT2D eigenvalue weighted by Gasteiger charge is 2.27. The molecule has 0 amide bonds. The molecule has 0 aromatic heterocycles. The number of rotatable bonds is 8. The molecule has 0 aliphatic heterocycles. The highest BCUT2D eigenvalue weighted by Crippen LogP contribution is 2.32. The Balaban J connectivity index is 1.92. The van der Waals surface area contributed by atoms with Crippen LogP contribution in [0.25, 0.3) is 0 Å². The van der Waals surface area contributed by atoms with Gasteiger partial charge in [0.2, 0.25) is 0 Å². The summed E-state index contributed by atoms with van der Waals surface area (Å²) in [7, 11) is -2.52. The van der Waals surface area contributed by atoms with Crippen molar-refractivity contribution in [2.45, 2.75) is 4.90 Å². The van der Waals surface area contributed by atoms with Gasteiger partial charge in [0.25, 0.3) is 10.0 Å². The van der Waals surface area contributed by atoms with E-state index in [1.165, 1.54) is 23.5 Å². The van der Waals surface area contributed by atoms with E-state index in [1.54, 1.807) is 48.5 Å². The molecule has 29 heavy (non-hydrogen) atoms. The standard InChI is InChI=1S/C21H19ClFNO4S/c1-27-21-8-3-2-7-20(21)24(13-14-28-18-6-4-5-16(22)15-18)29(25,26)19-11-9-17(23)10-12-19/h2-12,15H,13-14H2,1H3. The van der Waals surface area contributed by atoms with Gasteiger partial charge in [-0.15, -0.1) is 0 Å². The van der Waals surface area contributed by atoms with Gasteiger partial charge in [-0.3, -0.25) is 4.31 Å². The van der Waals surface area contributed by atoms with Crippen molar-refractivity contribution in [2.75, 3.05) is 24.6 Å². The molecule has 8 heteroatoms. The van der Waals surface area contributed by atoms with Crippen LogP contribution in [0.15, 0.2) is 77.7 Å². The second kappa shape index (κ2) is 9.15. The highest BCUT2D eigenvalue weighted by atomic mass is 35.5. The second-order valence-electron chi connectivity index (χ2n) is 6.01. The lowest BCUT2D eigenvalue weighted by atomic mass is 10.3. The molecule has 0 aliphatic carbocycles. The highest BCUT2D eigenvalue weighted by molar-refractivity contribution is 7.92. The first-order valence-electron chi connectivity index (χ1n) is 8.71. The number of halogens is 2. The van der Waals surface area contributed by atoms with Crippen molar-refractivity contribution in [3.05, 3.63) is 83.6 Å². The Morgan fingerprint density at radius 2 is 1.72 bits per heavy atom. The fraction of sp³-hybridized carbons (Fsp3) is 0.143. The van der Waals surface area contributed by atoms with Gasteiger partial charge in [-0.2, -0.15) is 0 Å². The van der Waals surface area contributed by atoms with Gasteiger partial charge < -0.3 is 9.47 Å². The van der Waals surface area contributed by atoms with Crippen molar-refractivity contribution in [3.8, 4) is 11.5 Å². The number of methoxy groups -OCH3 is 1. The van der Waals surface area contributed by atoms with Crippen molar-refractivity contribution < 1.29 is 22.3 Å². The van der Waals surface area contributed by atoms with E-state index in [0.717, 1.165) is 12.1 Å². The summed E-state index contributed by atoms with van der Waals surface area (Å²) < 4.78 is 52.0. The average molecular weight is 436 g/mol. The molecule has 152 valence electrons. The monoisotopic (exact) mass is 435 g/mol. The third-order valence-electron chi connectivity index (χ3n) is 4.11. The summed E-state index contributed by atoms with van der Waals surface area (Å²) in [6.45, 7) is 0.0748. The quantitative estimate of drug-likeness (QED) is 0.511. The van der Waals surface area contributed by atoms with Crippen molar-refractivity contribution in [1.82, 2.24) is 0 Å². The van der Waals surface area contributed by atoms with Gasteiger partial charge in [-0.1, -0.05) is 29.8 Å². The predicted octanol–water partition coefficient (Wildman–Crippen LogP) is 4.76. The molecule has 0 unspecified atom stereocenters. The number of benzene rings is 3. The molecular weight excluding hydrogens is 417 g/mol. The summed E-state index contributed by atoms with van der Waals surface area (Å²) in [5.41, 5.74) is 0.356. The van der Waals surface area contributed by atoms with Crippen LogP contribution in [0.1, 0.15) is 0 Å². The predicted molar refractivity (Wildman–Crippen MR) is 111 cm³/mol. The number of hydrogen-bond donors (Lipinski definition) is 0. The van der Waals surface area contributed by atoms with Gasteiger partial charge in [0.05, 0.1) is 24.2 Å². The van der Waals surface area contributed by atoms with Crippen molar-refractivity contribution in [3.63, 3.8) is 0 Å². The van der Waals surface area contributed by atoms with Crippen LogP contribution >= 0.6 is 11.6 Å². The maximum atomic E-state index is 13.3. The first kappa shape index (κ1) is 21.0. The Bertz CT molecular complexity index is 1070. The van der Waals surface area contributed by atoms with Gasteiger partial charge in [0.15, 0.2) is 0 Å². The molecule has 3 rings (SSSR count). The molecule has 0 saturated carbocycles. The smallest absolute Gasteiger partial charge is 0.264 e. The van der Waals surface area contributed by atoms with E-state index in [1.807, 2.05) is 0 Å². The summed E-state index contributed by atoms with van der Waals surface area (Å²) in [5.74, 6) is 0.398. The Kier molecular flexibility index (Phi) is 6.61. The average Bonchev–Trinajstić information content (AvgIpc) is 2.71. The van der Waals surface area contributed by atoms with E-state index in [2.05, 4.69) is 0 Å². The number of hydrogen-bond acceptors (Lipinski definition) is 4. The Labute approximate surface area is 174 Å². The summed E-state index contributed by atoms with van der Waals surface area (Å²) >= 11 is 5.95. The molecule has 0 N–H and O–H groups in total. The maximum Gasteiger partial charge on any atom is 0.264 e. The molecular formula is C21H19ClFNO4S. The second-order valence-corrected chi connectivity index (χ2v) is 8.31. The van der Waals surface area contributed by atoms with E-state index in [-0.39, 0.29) is 18.0 Å². The van der Waals surface area contributed by atoms with Crippen LogP contribution in [0.3, 0.4) is 0 Å². The molecule has 0 atom stereocenters. The van der Waals surface area contributed by atoms with Crippen LogP contribution in [-0.4, -0.2) is 28.7 Å². The fourth-order valence-electron chi connectivity index (χ4n) is 2.74. The molecule has 3 aromatic rings. The van der Waals surface area contributed by atoms with Gasteiger partial charge in [-0.25, -0.2) is 12.8 Å². The zero-order valence-electron chi connectivity index (χ0n) is 15.6. The number of anilines is 1. The largest absolute Gasteiger partial charge is 0.495 e. The molecule has 0 bridgehead atoms.